The highest BCUT2D eigenvalue weighted by molar-refractivity contribution is 6.29. The Labute approximate surface area is 101 Å². The van der Waals surface area contributed by atoms with E-state index in [9.17, 15) is 13.6 Å². The largest absolute Gasteiger partial charge is 0.496 e. The molecule has 0 saturated carbocycles. The van der Waals surface area contributed by atoms with E-state index in [1.165, 1.54) is 13.2 Å². The third kappa shape index (κ3) is 3.03. The summed E-state index contributed by atoms with van der Waals surface area (Å²) in [7, 11) is 1.24. The van der Waals surface area contributed by atoms with E-state index in [-0.39, 0.29) is 17.5 Å². The van der Waals surface area contributed by atoms with Crippen LogP contribution in [0.15, 0.2) is 6.07 Å². The molecule has 0 unspecified atom stereocenters. The molecule has 17 heavy (non-hydrogen) atoms. The Balaban J connectivity index is 3.36. The fourth-order valence-electron chi connectivity index (χ4n) is 1.24. The fraction of sp³-hybridized carbons (Fsp3) is 0.400. The fourth-order valence-corrected chi connectivity index (χ4v) is 1.43. The molecule has 0 spiro atoms. The zero-order valence-corrected chi connectivity index (χ0v) is 9.92. The van der Waals surface area contributed by atoms with Gasteiger partial charge in [-0.2, -0.15) is 0 Å². The summed E-state index contributed by atoms with van der Waals surface area (Å²) in [5.41, 5.74) is -1.14. The molecule has 1 aromatic rings. The molecule has 7 heteroatoms. The van der Waals surface area contributed by atoms with Gasteiger partial charge < -0.3 is 9.47 Å². The van der Waals surface area contributed by atoms with Crippen molar-refractivity contribution in [2.75, 3.05) is 13.7 Å². The number of esters is 1. The first kappa shape index (κ1) is 13.6. The normalized spacial score (nSPS) is 10.5. The Kier molecular flexibility index (Phi) is 4.62. The van der Waals surface area contributed by atoms with Crippen molar-refractivity contribution in [2.45, 2.75) is 13.3 Å². The van der Waals surface area contributed by atoms with E-state index < -0.39 is 23.7 Å². The minimum absolute atomic E-state index is 0.0628. The van der Waals surface area contributed by atoms with Crippen LogP contribution in [0.5, 0.6) is 5.75 Å². The standard InChI is InChI=1S/C10H10ClF2NO3/c1-3-17-10(15)7-5(16-2)4-6(11)14-8(7)9(12)13/h4,9H,3H2,1-2H3. The summed E-state index contributed by atoms with van der Waals surface area (Å²) < 4.78 is 35.0. The zero-order chi connectivity index (χ0) is 13.0. The molecule has 1 heterocycles. The molecule has 0 aromatic carbocycles. The summed E-state index contributed by atoms with van der Waals surface area (Å²) in [4.78, 5) is 15.0. The Hall–Kier alpha value is -1.43. The number of pyridine rings is 1. The van der Waals surface area contributed by atoms with E-state index in [0.717, 1.165) is 0 Å². The average molecular weight is 266 g/mol. The van der Waals surface area contributed by atoms with Gasteiger partial charge in [0.2, 0.25) is 0 Å². The van der Waals surface area contributed by atoms with Crippen LogP contribution in [0.25, 0.3) is 0 Å². The maximum Gasteiger partial charge on any atom is 0.344 e. The molecule has 0 atom stereocenters. The quantitative estimate of drug-likeness (QED) is 0.620. The number of methoxy groups -OCH3 is 1. The van der Waals surface area contributed by atoms with Crippen LogP contribution in [0.3, 0.4) is 0 Å². The van der Waals surface area contributed by atoms with Gasteiger partial charge in [0, 0.05) is 6.07 Å². The summed E-state index contributed by atoms with van der Waals surface area (Å²) in [6, 6.07) is 1.18. The highest BCUT2D eigenvalue weighted by Crippen LogP contribution is 2.31. The van der Waals surface area contributed by atoms with Gasteiger partial charge in [-0.05, 0) is 6.92 Å². The lowest BCUT2D eigenvalue weighted by molar-refractivity contribution is 0.0509. The minimum atomic E-state index is -2.94. The molecule has 0 aliphatic carbocycles. The first-order valence-corrected chi connectivity index (χ1v) is 5.08. The highest BCUT2D eigenvalue weighted by atomic mass is 35.5. The lowest BCUT2D eigenvalue weighted by Gasteiger charge is -2.12. The van der Waals surface area contributed by atoms with E-state index in [2.05, 4.69) is 9.72 Å². The van der Waals surface area contributed by atoms with Gasteiger partial charge in [-0.25, -0.2) is 18.6 Å². The third-order valence-electron chi connectivity index (χ3n) is 1.89. The summed E-state index contributed by atoms with van der Waals surface area (Å²) >= 11 is 5.55. The van der Waals surface area contributed by atoms with Crippen molar-refractivity contribution >= 4 is 17.6 Å². The second-order valence-electron chi connectivity index (χ2n) is 2.93. The number of aromatic nitrogens is 1. The lowest BCUT2D eigenvalue weighted by atomic mass is 10.1. The molecule has 0 N–H and O–H groups in total. The molecule has 0 aliphatic rings. The van der Waals surface area contributed by atoms with Crippen molar-refractivity contribution in [3.63, 3.8) is 0 Å². The number of ether oxygens (including phenoxy) is 2. The number of hydrogen-bond acceptors (Lipinski definition) is 4. The second-order valence-corrected chi connectivity index (χ2v) is 3.32. The molecule has 0 aliphatic heterocycles. The number of hydrogen-bond donors (Lipinski definition) is 0. The van der Waals surface area contributed by atoms with Gasteiger partial charge in [0.25, 0.3) is 6.43 Å². The molecular weight excluding hydrogens is 256 g/mol. The SMILES string of the molecule is CCOC(=O)c1c(OC)cc(Cl)nc1C(F)F. The first-order valence-electron chi connectivity index (χ1n) is 4.71. The maximum absolute atomic E-state index is 12.7. The van der Waals surface area contributed by atoms with Crippen molar-refractivity contribution in [2.24, 2.45) is 0 Å². The van der Waals surface area contributed by atoms with Gasteiger partial charge in [-0.15, -0.1) is 0 Å². The van der Waals surface area contributed by atoms with Crippen LogP contribution in [-0.4, -0.2) is 24.7 Å². The van der Waals surface area contributed by atoms with Crippen molar-refractivity contribution < 1.29 is 23.0 Å². The summed E-state index contributed by atoms with van der Waals surface area (Å²) in [6.07, 6.45) is -2.94. The van der Waals surface area contributed by atoms with E-state index >= 15 is 0 Å². The number of rotatable bonds is 4. The Morgan fingerprint density at radius 3 is 2.71 bits per heavy atom. The van der Waals surface area contributed by atoms with Crippen molar-refractivity contribution in [1.82, 2.24) is 4.98 Å². The first-order chi connectivity index (χ1) is 8.01. The number of halogens is 3. The van der Waals surface area contributed by atoms with Crippen LogP contribution in [0.1, 0.15) is 29.4 Å². The van der Waals surface area contributed by atoms with E-state index in [0.29, 0.717) is 0 Å². The van der Waals surface area contributed by atoms with Crippen molar-refractivity contribution in [1.29, 1.82) is 0 Å². The van der Waals surface area contributed by atoms with Crippen LogP contribution >= 0.6 is 11.6 Å². The molecule has 0 bridgehead atoms. The molecule has 0 saturated heterocycles. The third-order valence-corrected chi connectivity index (χ3v) is 2.08. The van der Waals surface area contributed by atoms with Crippen LogP contribution in [-0.2, 0) is 4.74 Å². The number of carbonyl (C=O) groups excluding carboxylic acids is 1. The van der Waals surface area contributed by atoms with E-state index in [1.54, 1.807) is 6.92 Å². The van der Waals surface area contributed by atoms with E-state index in [4.69, 9.17) is 16.3 Å². The average Bonchev–Trinajstić information content (AvgIpc) is 2.27. The van der Waals surface area contributed by atoms with Gasteiger partial charge in [0.15, 0.2) is 0 Å². The van der Waals surface area contributed by atoms with Gasteiger partial charge in [0.05, 0.1) is 13.7 Å². The van der Waals surface area contributed by atoms with Crippen LogP contribution in [0, 0.1) is 0 Å². The van der Waals surface area contributed by atoms with Crippen LogP contribution in [0.2, 0.25) is 5.15 Å². The van der Waals surface area contributed by atoms with Crippen LogP contribution < -0.4 is 4.74 Å². The second kappa shape index (κ2) is 5.77. The maximum atomic E-state index is 12.7. The molecule has 1 rings (SSSR count). The Morgan fingerprint density at radius 1 is 1.59 bits per heavy atom. The highest BCUT2D eigenvalue weighted by Gasteiger charge is 2.26. The summed E-state index contributed by atoms with van der Waals surface area (Å²) in [5, 5.41) is -0.176. The van der Waals surface area contributed by atoms with Gasteiger partial charge in [-0.3, -0.25) is 0 Å². The van der Waals surface area contributed by atoms with Gasteiger partial charge >= 0.3 is 5.97 Å². The molecule has 0 fully saturated rings. The Bertz CT molecular complexity index is 426. The topological polar surface area (TPSA) is 48.4 Å². The Morgan fingerprint density at radius 2 is 2.24 bits per heavy atom. The molecular formula is C10H10ClF2NO3. The van der Waals surface area contributed by atoms with Gasteiger partial charge in [-0.1, -0.05) is 11.6 Å². The predicted octanol–water partition coefficient (Wildman–Crippen LogP) is 2.86. The lowest BCUT2D eigenvalue weighted by Crippen LogP contribution is -2.12. The number of nitrogens with zero attached hydrogens (tertiary/aromatic N) is 1. The molecule has 4 nitrogen and oxygen atoms in total. The minimum Gasteiger partial charge on any atom is -0.496 e. The monoisotopic (exact) mass is 265 g/mol. The van der Waals surface area contributed by atoms with Crippen molar-refractivity contribution in [3.05, 3.63) is 22.5 Å². The molecule has 1 aromatic heterocycles. The predicted molar refractivity (Wildman–Crippen MR) is 56.7 cm³/mol. The zero-order valence-electron chi connectivity index (χ0n) is 9.17. The van der Waals surface area contributed by atoms with E-state index in [1.807, 2.05) is 0 Å². The van der Waals surface area contributed by atoms with Gasteiger partial charge in [0.1, 0.15) is 22.2 Å². The molecule has 94 valence electrons. The summed E-state index contributed by atoms with van der Waals surface area (Å²) in [6.45, 7) is 1.63. The molecule has 0 radical (unpaired) electrons. The number of carbonyl (C=O) groups is 1. The molecule has 0 amide bonds. The number of alkyl halides is 2. The summed E-state index contributed by atoms with van der Waals surface area (Å²) in [5.74, 6) is -0.998. The van der Waals surface area contributed by atoms with Crippen LogP contribution in [0.4, 0.5) is 8.78 Å². The van der Waals surface area contributed by atoms with Crippen molar-refractivity contribution in [3.8, 4) is 5.75 Å². The smallest absolute Gasteiger partial charge is 0.344 e.